The SMILES string of the molecule is CN1c2ccccc2SC12C=Nc1c(cc(N3CCCCC3)c3ccccc13)O2. The van der Waals surface area contributed by atoms with E-state index in [0.717, 1.165) is 24.5 Å². The van der Waals surface area contributed by atoms with Crippen LogP contribution in [0.5, 0.6) is 5.75 Å². The first kappa shape index (κ1) is 17.2. The molecule has 3 aromatic rings. The first-order valence-corrected chi connectivity index (χ1v) is 11.1. The molecule has 1 spiro atoms. The molecule has 1 unspecified atom stereocenters. The highest BCUT2D eigenvalue weighted by Gasteiger charge is 2.46. The Labute approximate surface area is 175 Å². The molecule has 4 nitrogen and oxygen atoms in total. The second-order valence-corrected chi connectivity index (χ2v) is 9.18. The maximum Gasteiger partial charge on any atom is 0.272 e. The number of rotatable bonds is 1. The van der Waals surface area contributed by atoms with Gasteiger partial charge >= 0.3 is 0 Å². The number of hydrogen-bond acceptors (Lipinski definition) is 5. The van der Waals surface area contributed by atoms with Crippen molar-refractivity contribution < 1.29 is 4.74 Å². The zero-order chi connectivity index (χ0) is 19.4. The Morgan fingerprint density at radius 2 is 1.69 bits per heavy atom. The molecule has 3 aromatic carbocycles. The second-order valence-electron chi connectivity index (χ2n) is 7.96. The average molecular weight is 402 g/mol. The number of thioether (sulfide) groups is 1. The quantitative estimate of drug-likeness (QED) is 0.513. The van der Waals surface area contributed by atoms with Crippen molar-refractivity contribution in [1.29, 1.82) is 0 Å². The normalized spacial score (nSPS) is 22.7. The summed E-state index contributed by atoms with van der Waals surface area (Å²) < 4.78 is 6.73. The summed E-state index contributed by atoms with van der Waals surface area (Å²) >= 11 is 1.72. The molecule has 3 heterocycles. The Hall–Kier alpha value is -2.66. The van der Waals surface area contributed by atoms with Gasteiger partial charge < -0.3 is 14.5 Å². The number of hydrogen-bond donors (Lipinski definition) is 0. The minimum absolute atomic E-state index is 0.627. The molecule has 0 aromatic heterocycles. The lowest BCUT2D eigenvalue weighted by Crippen LogP contribution is -2.48. The summed E-state index contributed by atoms with van der Waals surface area (Å²) in [6.45, 7) is 2.22. The molecule has 3 aliphatic heterocycles. The summed E-state index contributed by atoms with van der Waals surface area (Å²) in [4.78, 5) is 10.9. The highest BCUT2D eigenvalue weighted by Crippen LogP contribution is 2.54. The summed E-state index contributed by atoms with van der Waals surface area (Å²) in [5, 5.41) is 1.80. The van der Waals surface area contributed by atoms with Crippen molar-refractivity contribution in [2.75, 3.05) is 29.9 Å². The number of ether oxygens (including phenoxy) is 1. The fraction of sp³-hybridized carbons (Fsp3) is 0.292. The van der Waals surface area contributed by atoms with Crippen molar-refractivity contribution in [2.24, 2.45) is 4.99 Å². The molecule has 0 aliphatic carbocycles. The summed E-state index contributed by atoms with van der Waals surface area (Å²) in [6, 6.07) is 19.3. The Kier molecular flexibility index (Phi) is 3.81. The summed E-state index contributed by atoms with van der Waals surface area (Å²) in [6.07, 6.45) is 5.79. The predicted molar refractivity (Wildman–Crippen MR) is 122 cm³/mol. The smallest absolute Gasteiger partial charge is 0.272 e. The third kappa shape index (κ3) is 2.57. The van der Waals surface area contributed by atoms with E-state index < -0.39 is 5.06 Å². The number of aliphatic imine (C=N–C) groups is 1. The van der Waals surface area contributed by atoms with E-state index in [1.165, 1.54) is 46.3 Å². The third-order valence-electron chi connectivity index (χ3n) is 6.22. The van der Waals surface area contributed by atoms with Crippen LogP contribution in [0.4, 0.5) is 17.1 Å². The van der Waals surface area contributed by atoms with Gasteiger partial charge in [0.15, 0.2) is 5.75 Å². The molecule has 1 fully saturated rings. The van der Waals surface area contributed by atoms with Crippen molar-refractivity contribution in [2.45, 2.75) is 29.2 Å². The Bertz CT molecular complexity index is 1140. The van der Waals surface area contributed by atoms with Crippen molar-refractivity contribution in [3.05, 3.63) is 54.6 Å². The van der Waals surface area contributed by atoms with Crippen LogP contribution in [0.1, 0.15) is 19.3 Å². The zero-order valence-electron chi connectivity index (χ0n) is 16.5. The molecule has 3 aliphatic rings. The molecule has 1 atom stereocenters. The van der Waals surface area contributed by atoms with Crippen LogP contribution in [-0.2, 0) is 0 Å². The minimum atomic E-state index is -0.627. The number of benzene rings is 3. The molecule has 5 heteroatoms. The highest BCUT2D eigenvalue weighted by molar-refractivity contribution is 8.01. The van der Waals surface area contributed by atoms with Crippen molar-refractivity contribution in [3.8, 4) is 5.75 Å². The maximum atomic E-state index is 6.73. The van der Waals surface area contributed by atoms with Crippen LogP contribution in [0.2, 0.25) is 0 Å². The van der Waals surface area contributed by atoms with Crippen LogP contribution in [0.15, 0.2) is 64.5 Å². The fourth-order valence-corrected chi connectivity index (χ4v) is 5.91. The molecule has 29 heavy (non-hydrogen) atoms. The molecule has 0 N–H and O–H groups in total. The van der Waals surface area contributed by atoms with Crippen LogP contribution in [0.25, 0.3) is 10.8 Å². The topological polar surface area (TPSA) is 28.1 Å². The number of para-hydroxylation sites is 1. The molecule has 0 bridgehead atoms. The van der Waals surface area contributed by atoms with Gasteiger partial charge in [0, 0.05) is 47.6 Å². The largest absolute Gasteiger partial charge is 0.450 e. The van der Waals surface area contributed by atoms with Gasteiger partial charge in [0.25, 0.3) is 5.06 Å². The van der Waals surface area contributed by atoms with Crippen LogP contribution in [-0.4, -0.2) is 31.4 Å². The van der Waals surface area contributed by atoms with Crippen LogP contribution >= 0.6 is 11.8 Å². The molecule has 146 valence electrons. The van der Waals surface area contributed by atoms with Gasteiger partial charge in [-0.15, -0.1) is 0 Å². The summed E-state index contributed by atoms with van der Waals surface area (Å²) in [5.74, 6) is 0.874. The second kappa shape index (κ2) is 6.42. The van der Waals surface area contributed by atoms with Crippen molar-refractivity contribution in [1.82, 2.24) is 0 Å². The zero-order valence-corrected chi connectivity index (χ0v) is 17.3. The van der Waals surface area contributed by atoms with E-state index >= 15 is 0 Å². The van der Waals surface area contributed by atoms with E-state index in [2.05, 4.69) is 71.4 Å². The number of anilines is 2. The first-order valence-electron chi connectivity index (χ1n) is 10.3. The molecule has 0 saturated carbocycles. The van der Waals surface area contributed by atoms with E-state index in [9.17, 15) is 0 Å². The van der Waals surface area contributed by atoms with Crippen LogP contribution in [0, 0.1) is 0 Å². The Morgan fingerprint density at radius 3 is 2.52 bits per heavy atom. The monoisotopic (exact) mass is 401 g/mol. The van der Waals surface area contributed by atoms with Gasteiger partial charge in [-0.05, 0) is 43.2 Å². The van der Waals surface area contributed by atoms with Gasteiger partial charge in [-0.2, -0.15) is 0 Å². The lowest BCUT2D eigenvalue weighted by Gasteiger charge is -2.37. The van der Waals surface area contributed by atoms with Crippen LogP contribution < -0.4 is 14.5 Å². The van der Waals surface area contributed by atoms with Gasteiger partial charge in [-0.25, -0.2) is 4.99 Å². The number of piperidine rings is 1. The van der Waals surface area contributed by atoms with Gasteiger partial charge in [-0.1, -0.05) is 36.4 Å². The van der Waals surface area contributed by atoms with Gasteiger partial charge in [-0.3, -0.25) is 0 Å². The maximum absolute atomic E-state index is 6.73. The third-order valence-corrected chi connectivity index (χ3v) is 7.54. The van der Waals surface area contributed by atoms with Crippen molar-refractivity contribution in [3.63, 3.8) is 0 Å². The molecular weight excluding hydrogens is 378 g/mol. The number of fused-ring (bicyclic) bond motifs is 4. The first-order chi connectivity index (χ1) is 14.3. The molecule has 6 rings (SSSR count). The Balaban J connectivity index is 1.49. The molecule has 0 amide bonds. The van der Waals surface area contributed by atoms with E-state index in [-0.39, 0.29) is 0 Å². The lowest BCUT2D eigenvalue weighted by molar-refractivity contribution is 0.239. The van der Waals surface area contributed by atoms with E-state index in [1.54, 1.807) is 11.8 Å². The summed E-state index contributed by atoms with van der Waals surface area (Å²) in [5.41, 5.74) is 3.40. The average Bonchev–Trinajstić information content (AvgIpc) is 3.05. The standard InChI is InChI=1S/C24H23N3OS/c1-26-19-11-5-6-12-22(19)29-24(26)16-25-23-18-10-4-3-9-17(18)20(15-21(23)28-24)27-13-7-2-8-14-27/h3-6,9-12,15-16H,2,7-8,13-14H2,1H3. The Morgan fingerprint density at radius 1 is 0.931 bits per heavy atom. The molecule has 1 saturated heterocycles. The number of nitrogens with zero attached hydrogens (tertiary/aromatic N) is 3. The van der Waals surface area contributed by atoms with E-state index in [1.807, 2.05) is 6.21 Å². The van der Waals surface area contributed by atoms with Gasteiger partial charge in [0.2, 0.25) is 0 Å². The predicted octanol–water partition coefficient (Wildman–Crippen LogP) is 5.82. The molecule has 0 radical (unpaired) electrons. The van der Waals surface area contributed by atoms with Crippen molar-refractivity contribution >= 4 is 45.8 Å². The van der Waals surface area contributed by atoms with E-state index in [0.29, 0.717) is 0 Å². The highest BCUT2D eigenvalue weighted by atomic mass is 32.2. The van der Waals surface area contributed by atoms with E-state index in [4.69, 9.17) is 9.73 Å². The fourth-order valence-electron chi connectivity index (χ4n) is 4.67. The molecular formula is C24H23N3OS. The van der Waals surface area contributed by atoms with Crippen LogP contribution in [0.3, 0.4) is 0 Å². The lowest BCUT2D eigenvalue weighted by atomic mass is 10.0. The van der Waals surface area contributed by atoms with Gasteiger partial charge in [0.1, 0.15) is 5.69 Å². The summed E-state index contributed by atoms with van der Waals surface area (Å²) in [7, 11) is 2.09. The minimum Gasteiger partial charge on any atom is -0.450 e. The van der Waals surface area contributed by atoms with Gasteiger partial charge in [0.05, 0.1) is 11.9 Å².